The highest BCUT2D eigenvalue weighted by Gasteiger charge is 2.21. The topological polar surface area (TPSA) is 58.6 Å². The lowest BCUT2D eigenvalue weighted by atomic mass is 9.98. The third-order valence-corrected chi connectivity index (χ3v) is 3.80. The Morgan fingerprint density at radius 1 is 1.00 bits per heavy atom. The molecule has 0 atom stereocenters. The van der Waals surface area contributed by atoms with Crippen molar-refractivity contribution in [2.24, 2.45) is 0 Å². The molecule has 0 aliphatic heterocycles. The molecular weight excluding hydrogens is 328 g/mol. The Labute approximate surface area is 155 Å². The van der Waals surface area contributed by atoms with Crippen LogP contribution in [0.15, 0.2) is 48.5 Å². The lowest BCUT2D eigenvalue weighted by molar-refractivity contribution is -0.122. The van der Waals surface area contributed by atoms with Crippen LogP contribution >= 0.6 is 0 Å². The third-order valence-electron chi connectivity index (χ3n) is 3.80. The van der Waals surface area contributed by atoms with E-state index in [0.29, 0.717) is 11.3 Å². The molecule has 0 spiro atoms. The van der Waals surface area contributed by atoms with E-state index in [0.717, 1.165) is 11.1 Å². The predicted molar refractivity (Wildman–Crippen MR) is 103 cm³/mol. The van der Waals surface area contributed by atoms with Gasteiger partial charge in [-0.15, -0.1) is 0 Å². The summed E-state index contributed by atoms with van der Waals surface area (Å²) < 4.78 is 5.43. The monoisotopic (exact) mass is 354 g/mol. The minimum absolute atomic E-state index is 0.00361. The number of ether oxygens (including phenoxy) is 1. The van der Waals surface area contributed by atoms with Gasteiger partial charge in [0.05, 0.1) is 13.7 Å². The van der Waals surface area contributed by atoms with Gasteiger partial charge in [0.2, 0.25) is 5.91 Å². The van der Waals surface area contributed by atoms with Crippen LogP contribution in [0.25, 0.3) is 11.1 Å². The van der Waals surface area contributed by atoms with Crippen molar-refractivity contribution < 1.29 is 14.3 Å². The van der Waals surface area contributed by atoms with Gasteiger partial charge in [-0.25, -0.2) is 0 Å². The maximum Gasteiger partial charge on any atom is 0.254 e. The van der Waals surface area contributed by atoms with Gasteiger partial charge >= 0.3 is 0 Å². The minimum Gasteiger partial charge on any atom is -0.496 e. The first kappa shape index (κ1) is 19.5. The maximum absolute atomic E-state index is 12.9. The number of nitrogens with one attached hydrogen (secondary N) is 1. The molecule has 0 fully saturated rings. The molecule has 0 radical (unpaired) electrons. The van der Waals surface area contributed by atoms with E-state index in [1.807, 2.05) is 63.2 Å². The number of nitrogens with zero attached hydrogens (tertiary/aromatic N) is 1. The summed E-state index contributed by atoms with van der Waals surface area (Å²) in [4.78, 5) is 26.5. The van der Waals surface area contributed by atoms with E-state index in [1.54, 1.807) is 20.2 Å². The van der Waals surface area contributed by atoms with Crippen LogP contribution in [0.3, 0.4) is 0 Å². The average molecular weight is 354 g/mol. The Balaban J connectivity index is 2.29. The van der Waals surface area contributed by atoms with Crippen LogP contribution in [0.1, 0.15) is 31.1 Å². The zero-order valence-corrected chi connectivity index (χ0v) is 16.0. The number of carbonyl (C=O) groups excluding carboxylic acids is 2. The van der Waals surface area contributed by atoms with Crippen molar-refractivity contribution >= 4 is 11.8 Å². The molecule has 26 heavy (non-hydrogen) atoms. The van der Waals surface area contributed by atoms with Crippen molar-refractivity contribution in [3.8, 4) is 16.9 Å². The van der Waals surface area contributed by atoms with Gasteiger partial charge in [0.25, 0.3) is 5.91 Å². The Morgan fingerprint density at radius 2 is 1.58 bits per heavy atom. The largest absolute Gasteiger partial charge is 0.496 e. The SMILES string of the molecule is COc1ccccc1-c1ccccc1C(=O)N(C)CC(=O)NC(C)(C)C. The lowest BCUT2D eigenvalue weighted by Gasteiger charge is -2.24. The van der Waals surface area contributed by atoms with E-state index in [2.05, 4.69) is 5.32 Å². The summed E-state index contributed by atoms with van der Waals surface area (Å²) in [6, 6.07) is 14.9. The van der Waals surface area contributed by atoms with E-state index < -0.39 is 0 Å². The smallest absolute Gasteiger partial charge is 0.254 e. The number of hydrogen-bond acceptors (Lipinski definition) is 3. The van der Waals surface area contributed by atoms with Gasteiger partial charge in [0.15, 0.2) is 0 Å². The fraction of sp³-hybridized carbons (Fsp3) is 0.333. The summed E-state index contributed by atoms with van der Waals surface area (Å²) in [5, 5.41) is 2.87. The van der Waals surface area contributed by atoms with Crippen molar-refractivity contribution in [1.82, 2.24) is 10.2 Å². The summed E-state index contributed by atoms with van der Waals surface area (Å²) in [7, 11) is 3.23. The van der Waals surface area contributed by atoms with Crippen molar-refractivity contribution in [1.29, 1.82) is 0 Å². The normalized spacial score (nSPS) is 11.0. The second-order valence-electron chi connectivity index (χ2n) is 7.21. The van der Waals surface area contributed by atoms with Crippen molar-refractivity contribution in [2.75, 3.05) is 20.7 Å². The first-order chi connectivity index (χ1) is 12.2. The number of likely N-dealkylation sites (N-methyl/N-ethyl adjacent to an activating group) is 1. The van der Waals surface area contributed by atoms with Crippen LogP contribution < -0.4 is 10.1 Å². The number of hydrogen-bond donors (Lipinski definition) is 1. The van der Waals surface area contributed by atoms with Crippen LogP contribution in [0.4, 0.5) is 0 Å². The first-order valence-corrected chi connectivity index (χ1v) is 8.52. The first-order valence-electron chi connectivity index (χ1n) is 8.52. The Bertz CT molecular complexity index is 794. The number of benzene rings is 2. The molecule has 0 unspecified atom stereocenters. The highest BCUT2D eigenvalue weighted by Crippen LogP contribution is 2.32. The fourth-order valence-corrected chi connectivity index (χ4v) is 2.72. The van der Waals surface area contributed by atoms with Gasteiger partial charge in [0.1, 0.15) is 5.75 Å². The fourth-order valence-electron chi connectivity index (χ4n) is 2.72. The van der Waals surface area contributed by atoms with Crippen LogP contribution in [0.5, 0.6) is 5.75 Å². The summed E-state index contributed by atoms with van der Waals surface area (Å²) >= 11 is 0. The van der Waals surface area contributed by atoms with Gasteiger partial charge in [-0.2, -0.15) is 0 Å². The maximum atomic E-state index is 12.9. The molecule has 0 bridgehead atoms. The molecule has 5 nitrogen and oxygen atoms in total. The Kier molecular flexibility index (Phi) is 6.03. The van der Waals surface area contributed by atoms with E-state index in [4.69, 9.17) is 4.74 Å². The molecule has 0 aliphatic rings. The van der Waals surface area contributed by atoms with Crippen LogP contribution in [0, 0.1) is 0 Å². The molecule has 0 heterocycles. The molecule has 2 aromatic carbocycles. The molecule has 0 saturated carbocycles. The lowest BCUT2D eigenvalue weighted by Crippen LogP contribution is -2.46. The summed E-state index contributed by atoms with van der Waals surface area (Å²) in [6.45, 7) is 5.72. The zero-order chi connectivity index (χ0) is 19.3. The molecule has 0 aliphatic carbocycles. The van der Waals surface area contributed by atoms with Gasteiger partial charge < -0.3 is 15.0 Å². The van der Waals surface area contributed by atoms with Crippen molar-refractivity contribution in [2.45, 2.75) is 26.3 Å². The quantitative estimate of drug-likeness (QED) is 0.896. The van der Waals surface area contributed by atoms with Crippen LogP contribution in [-0.2, 0) is 4.79 Å². The van der Waals surface area contributed by atoms with Crippen molar-refractivity contribution in [3.05, 3.63) is 54.1 Å². The number of para-hydroxylation sites is 1. The van der Waals surface area contributed by atoms with Gasteiger partial charge in [0, 0.05) is 23.7 Å². The predicted octanol–water partition coefficient (Wildman–Crippen LogP) is 3.35. The third kappa shape index (κ3) is 4.85. The van der Waals surface area contributed by atoms with E-state index in [1.165, 1.54) is 4.90 Å². The molecule has 2 amide bonds. The number of carbonyl (C=O) groups is 2. The van der Waals surface area contributed by atoms with E-state index >= 15 is 0 Å². The van der Waals surface area contributed by atoms with Crippen molar-refractivity contribution in [3.63, 3.8) is 0 Å². The summed E-state index contributed by atoms with van der Waals surface area (Å²) in [5.41, 5.74) is 1.81. The van der Waals surface area contributed by atoms with Crippen LogP contribution in [0.2, 0.25) is 0 Å². The minimum atomic E-state index is -0.337. The van der Waals surface area contributed by atoms with Gasteiger partial charge in [-0.3, -0.25) is 9.59 Å². The summed E-state index contributed by atoms with van der Waals surface area (Å²) in [6.07, 6.45) is 0. The van der Waals surface area contributed by atoms with Gasteiger partial charge in [-0.1, -0.05) is 36.4 Å². The standard InChI is InChI=1S/C21H26N2O3/c1-21(2,3)22-19(24)14-23(4)20(25)17-12-7-6-10-15(17)16-11-8-9-13-18(16)26-5/h6-13H,14H2,1-5H3,(H,22,24). The molecule has 138 valence electrons. The highest BCUT2D eigenvalue weighted by molar-refractivity contribution is 6.02. The second-order valence-corrected chi connectivity index (χ2v) is 7.21. The average Bonchev–Trinajstić information content (AvgIpc) is 2.59. The number of methoxy groups -OCH3 is 1. The summed E-state index contributed by atoms with van der Waals surface area (Å²) in [5.74, 6) is 0.291. The highest BCUT2D eigenvalue weighted by atomic mass is 16.5. The molecular formula is C21H26N2O3. The number of rotatable bonds is 5. The molecule has 2 aromatic rings. The Morgan fingerprint density at radius 3 is 2.19 bits per heavy atom. The van der Waals surface area contributed by atoms with E-state index in [9.17, 15) is 9.59 Å². The van der Waals surface area contributed by atoms with Gasteiger partial charge in [-0.05, 0) is 38.5 Å². The molecule has 0 aromatic heterocycles. The number of amides is 2. The van der Waals surface area contributed by atoms with E-state index in [-0.39, 0.29) is 23.9 Å². The van der Waals surface area contributed by atoms with Crippen LogP contribution in [-0.4, -0.2) is 43.0 Å². The Hall–Kier alpha value is -2.82. The zero-order valence-electron chi connectivity index (χ0n) is 16.0. The molecule has 5 heteroatoms. The molecule has 0 saturated heterocycles. The second kappa shape index (κ2) is 8.04. The molecule has 2 rings (SSSR count). The molecule has 1 N–H and O–H groups in total.